The number of rotatable bonds is 6. The Kier molecular flexibility index (Phi) is 5.49. The molecule has 94 valence electrons. The quantitative estimate of drug-likeness (QED) is 0.813. The zero-order chi connectivity index (χ0) is 12.7. The zero-order valence-electron chi connectivity index (χ0n) is 10.5. The van der Waals surface area contributed by atoms with Gasteiger partial charge in [-0.25, -0.2) is 0 Å². The van der Waals surface area contributed by atoms with Crippen molar-refractivity contribution in [1.29, 1.82) is 0 Å². The fraction of sp³-hybridized carbons (Fsp3) is 0.462. The Morgan fingerprint density at radius 3 is 2.47 bits per heavy atom. The highest BCUT2D eigenvalue weighted by Crippen LogP contribution is 2.12. The molecule has 0 fully saturated rings. The Labute approximate surface area is 102 Å². The first-order valence-electron chi connectivity index (χ1n) is 5.57. The van der Waals surface area contributed by atoms with E-state index in [0.717, 1.165) is 17.7 Å². The summed E-state index contributed by atoms with van der Waals surface area (Å²) in [5.74, 6) is 0.748. The van der Waals surface area contributed by atoms with Gasteiger partial charge in [0.2, 0.25) is 5.91 Å². The lowest BCUT2D eigenvalue weighted by Gasteiger charge is -2.13. The third-order valence-electron chi connectivity index (χ3n) is 2.38. The fourth-order valence-corrected chi connectivity index (χ4v) is 1.61. The van der Waals surface area contributed by atoms with Gasteiger partial charge < -0.3 is 14.8 Å². The van der Waals surface area contributed by atoms with Crippen LogP contribution in [0.25, 0.3) is 0 Å². The van der Waals surface area contributed by atoms with Gasteiger partial charge in [0.05, 0.1) is 7.11 Å². The number of carbonyl (C=O) groups excluding carboxylic acids is 1. The maximum Gasteiger partial charge on any atom is 0.246 e. The molecule has 1 N–H and O–H groups in total. The largest absolute Gasteiger partial charge is 0.497 e. The number of nitrogens with one attached hydrogen (secondary N) is 1. The van der Waals surface area contributed by atoms with E-state index in [0.29, 0.717) is 0 Å². The van der Waals surface area contributed by atoms with Crippen molar-refractivity contribution in [3.05, 3.63) is 29.8 Å². The van der Waals surface area contributed by atoms with E-state index in [4.69, 9.17) is 9.47 Å². The van der Waals surface area contributed by atoms with Crippen LogP contribution in [0.15, 0.2) is 24.3 Å². The predicted octanol–water partition coefficient (Wildman–Crippen LogP) is 1.39. The van der Waals surface area contributed by atoms with Crippen LogP contribution in [0.2, 0.25) is 0 Å². The van der Waals surface area contributed by atoms with Crippen LogP contribution in [0.1, 0.15) is 12.5 Å². The number of benzene rings is 1. The second-order valence-corrected chi connectivity index (χ2v) is 3.95. The third kappa shape index (κ3) is 4.87. The van der Waals surface area contributed by atoms with E-state index < -0.39 is 0 Å². The van der Waals surface area contributed by atoms with E-state index in [1.807, 2.05) is 31.2 Å². The molecule has 0 saturated carbocycles. The molecule has 1 aromatic rings. The maximum absolute atomic E-state index is 11.3. The van der Waals surface area contributed by atoms with Gasteiger partial charge in [-0.05, 0) is 31.0 Å². The summed E-state index contributed by atoms with van der Waals surface area (Å²) >= 11 is 0. The average molecular weight is 237 g/mol. The second kappa shape index (κ2) is 6.91. The minimum absolute atomic E-state index is 0.0889. The lowest BCUT2D eigenvalue weighted by atomic mass is 10.1. The molecule has 4 nitrogen and oxygen atoms in total. The molecule has 4 heteroatoms. The van der Waals surface area contributed by atoms with Crippen molar-refractivity contribution < 1.29 is 14.3 Å². The number of carbonyl (C=O) groups is 1. The van der Waals surface area contributed by atoms with E-state index in [-0.39, 0.29) is 18.6 Å². The standard InChI is InChI=1S/C13H19NO3/c1-10(14-13(15)9-16-2)8-11-4-6-12(17-3)7-5-11/h4-7,10H,8-9H2,1-3H3,(H,14,15)/t10-/m1/s1. The van der Waals surface area contributed by atoms with E-state index in [1.54, 1.807) is 7.11 Å². The topological polar surface area (TPSA) is 47.6 Å². The number of amides is 1. The summed E-state index contributed by atoms with van der Waals surface area (Å²) in [6, 6.07) is 7.92. The zero-order valence-corrected chi connectivity index (χ0v) is 10.5. The molecule has 0 aliphatic carbocycles. The molecule has 0 bridgehead atoms. The lowest BCUT2D eigenvalue weighted by Crippen LogP contribution is -2.36. The van der Waals surface area contributed by atoms with E-state index in [9.17, 15) is 4.79 Å². The summed E-state index contributed by atoms with van der Waals surface area (Å²) in [6.45, 7) is 2.07. The summed E-state index contributed by atoms with van der Waals surface area (Å²) in [4.78, 5) is 11.3. The smallest absolute Gasteiger partial charge is 0.246 e. The van der Waals surface area contributed by atoms with Crippen molar-refractivity contribution in [2.75, 3.05) is 20.8 Å². The molecule has 1 rings (SSSR count). The van der Waals surface area contributed by atoms with Crippen molar-refractivity contribution in [3.63, 3.8) is 0 Å². The molecule has 0 radical (unpaired) electrons. The van der Waals surface area contributed by atoms with Crippen molar-refractivity contribution in [1.82, 2.24) is 5.32 Å². The molecule has 1 aromatic carbocycles. The van der Waals surface area contributed by atoms with Crippen molar-refractivity contribution in [3.8, 4) is 5.75 Å². The van der Waals surface area contributed by atoms with Gasteiger partial charge >= 0.3 is 0 Å². The van der Waals surface area contributed by atoms with Gasteiger partial charge in [-0.2, -0.15) is 0 Å². The number of hydrogen-bond donors (Lipinski definition) is 1. The molecule has 1 amide bonds. The highest BCUT2D eigenvalue weighted by atomic mass is 16.5. The number of ether oxygens (including phenoxy) is 2. The first kappa shape index (κ1) is 13.5. The Hall–Kier alpha value is -1.55. The van der Waals surface area contributed by atoms with Gasteiger partial charge in [0, 0.05) is 13.2 Å². The van der Waals surface area contributed by atoms with Crippen LogP contribution in [0, 0.1) is 0 Å². The number of methoxy groups -OCH3 is 2. The molecular formula is C13H19NO3. The minimum Gasteiger partial charge on any atom is -0.497 e. The highest BCUT2D eigenvalue weighted by molar-refractivity contribution is 5.77. The van der Waals surface area contributed by atoms with Gasteiger partial charge in [0.15, 0.2) is 0 Å². The molecular weight excluding hydrogens is 218 g/mol. The Morgan fingerprint density at radius 1 is 1.29 bits per heavy atom. The molecule has 0 unspecified atom stereocenters. The summed E-state index contributed by atoms with van der Waals surface area (Å²) < 4.78 is 9.84. The lowest BCUT2D eigenvalue weighted by molar-refractivity contribution is -0.125. The van der Waals surface area contributed by atoms with E-state index in [2.05, 4.69) is 5.32 Å². The highest BCUT2D eigenvalue weighted by Gasteiger charge is 2.07. The van der Waals surface area contributed by atoms with Crippen LogP contribution in [0.5, 0.6) is 5.75 Å². The molecule has 0 heterocycles. The van der Waals surface area contributed by atoms with E-state index >= 15 is 0 Å². The molecule has 1 atom stereocenters. The summed E-state index contributed by atoms with van der Waals surface area (Å²) in [5.41, 5.74) is 1.16. The third-order valence-corrected chi connectivity index (χ3v) is 2.38. The van der Waals surface area contributed by atoms with Crippen LogP contribution < -0.4 is 10.1 Å². The van der Waals surface area contributed by atoms with Gasteiger partial charge in [-0.3, -0.25) is 4.79 Å². The molecule has 0 aliphatic heterocycles. The molecule has 0 aromatic heterocycles. The van der Waals surface area contributed by atoms with Crippen LogP contribution in [-0.4, -0.2) is 32.8 Å². The first-order chi connectivity index (χ1) is 8.15. The number of hydrogen-bond acceptors (Lipinski definition) is 3. The van der Waals surface area contributed by atoms with Crippen LogP contribution in [0.3, 0.4) is 0 Å². The Balaban J connectivity index is 2.44. The van der Waals surface area contributed by atoms with Gasteiger partial charge in [-0.1, -0.05) is 12.1 Å². The van der Waals surface area contributed by atoms with E-state index in [1.165, 1.54) is 7.11 Å². The average Bonchev–Trinajstić information content (AvgIpc) is 2.30. The molecule has 17 heavy (non-hydrogen) atoms. The summed E-state index contributed by atoms with van der Waals surface area (Å²) in [7, 11) is 3.15. The second-order valence-electron chi connectivity index (χ2n) is 3.95. The molecule has 0 spiro atoms. The van der Waals surface area contributed by atoms with Crippen molar-refractivity contribution in [2.24, 2.45) is 0 Å². The maximum atomic E-state index is 11.3. The summed E-state index contributed by atoms with van der Waals surface area (Å²) in [6.07, 6.45) is 0.791. The van der Waals surface area contributed by atoms with Crippen LogP contribution in [0.4, 0.5) is 0 Å². The van der Waals surface area contributed by atoms with Gasteiger partial charge in [0.1, 0.15) is 12.4 Å². The fourth-order valence-electron chi connectivity index (χ4n) is 1.61. The SMILES string of the molecule is COCC(=O)N[C@H](C)Cc1ccc(OC)cc1. The first-order valence-corrected chi connectivity index (χ1v) is 5.57. The van der Waals surface area contributed by atoms with Crippen molar-refractivity contribution in [2.45, 2.75) is 19.4 Å². The normalized spacial score (nSPS) is 11.9. The molecule has 0 saturated heterocycles. The Morgan fingerprint density at radius 2 is 1.94 bits per heavy atom. The van der Waals surface area contributed by atoms with Crippen molar-refractivity contribution >= 4 is 5.91 Å². The monoisotopic (exact) mass is 237 g/mol. The van der Waals surface area contributed by atoms with Crippen LogP contribution >= 0.6 is 0 Å². The minimum atomic E-state index is -0.0893. The summed E-state index contributed by atoms with van der Waals surface area (Å²) in [5, 5.41) is 2.86. The molecule has 0 aliphatic rings. The Bertz CT molecular complexity index is 348. The predicted molar refractivity (Wildman–Crippen MR) is 66.2 cm³/mol. The van der Waals surface area contributed by atoms with Gasteiger partial charge in [-0.15, -0.1) is 0 Å². The van der Waals surface area contributed by atoms with Gasteiger partial charge in [0.25, 0.3) is 0 Å². The van der Waals surface area contributed by atoms with Crippen LogP contribution in [-0.2, 0) is 16.0 Å².